The second kappa shape index (κ2) is 9.07. The summed E-state index contributed by atoms with van der Waals surface area (Å²) in [5.41, 5.74) is 2.30. The Morgan fingerprint density at radius 2 is 2.03 bits per heavy atom. The monoisotopic (exact) mass is 437 g/mol. The molecule has 7 nitrogen and oxygen atoms in total. The zero-order valence-electron chi connectivity index (χ0n) is 16.5. The summed E-state index contributed by atoms with van der Waals surface area (Å²) in [5.74, 6) is -0.220. The van der Waals surface area contributed by atoms with Gasteiger partial charge in [-0.15, -0.1) is 0 Å². The zero-order chi connectivity index (χ0) is 21.8. The smallest absolute Gasteiger partial charge is 0.244 e. The van der Waals surface area contributed by atoms with Crippen LogP contribution in [0, 0.1) is 0 Å². The first-order valence-corrected chi connectivity index (χ1v) is 9.98. The Kier molecular flexibility index (Phi) is 6.06. The number of nitrogens with one attached hydrogen (secondary N) is 2. The van der Waals surface area contributed by atoms with E-state index in [1.165, 1.54) is 16.8 Å². The van der Waals surface area contributed by atoms with Crippen molar-refractivity contribution in [3.63, 3.8) is 0 Å². The highest BCUT2D eigenvalue weighted by molar-refractivity contribution is 6.30. The number of halogens is 1. The molecule has 8 heteroatoms. The van der Waals surface area contributed by atoms with Crippen LogP contribution in [0.5, 0.6) is 5.75 Å². The number of anilines is 1. The third-order valence-corrected chi connectivity index (χ3v) is 5.02. The molecule has 158 valence electrons. The van der Waals surface area contributed by atoms with Crippen molar-refractivity contribution < 1.29 is 14.6 Å². The van der Waals surface area contributed by atoms with E-state index in [-0.39, 0.29) is 36.8 Å². The van der Waals surface area contributed by atoms with Crippen LogP contribution >= 0.6 is 11.6 Å². The van der Waals surface area contributed by atoms with Crippen LogP contribution in [0.1, 0.15) is 11.3 Å². The van der Waals surface area contributed by atoms with Gasteiger partial charge in [-0.2, -0.15) is 0 Å². The fourth-order valence-electron chi connectivity index (χ4n) is 3.25. The van der Waals surface area contributed by atoms with Gasteiger partial charge in [-0.05, 0) is 41.3 Å². The van der Waals surface area contributed by atoms with Gasteiger partial charge in [-0.1, -0.05) is 29.8 Å². The van der Waals surface area contributed by atoms with Gasteiger partial charge in [0.15, 0.2) is 5.75 Å². The minimum absolute atomic E-state index is 0.0813. The highest BCUT2D eigenvalue weighted by Crippen LogP contribution is 2.18. The molecular weight excluding hydrogens is 418 g/mol. The number of aromatic amines is 1. The van der Waals surface area contributed by atoms with E-state index in [1.807, 2.05) is 36.5 Å². The van der Waals surface area contributed by atoms with Crippen molar-refractivity contribution in [2.45, 2.75) is 19.8 Å². The van der Waals surface area contributed by atoms with Crippen LogP contribution in [0.3, 0.4) is 0 Å². The molecule has 0 fully saturated rings. The van der Waals surface area contributed by atoms with Gasteiger partial charge in [0, 0.05) is 34.2 Å². The van der Waals surface area contributed by atoms with Crippen LogP contribution in [-0.2, 0) is 24.6 Å². The molecule has 0 aliphatic heterocycles. The summed E-state index contributed by atoms with van der Waals surface area (Å²) in [5, 5.41) is 14.1. The molecule has 0 saturated carbocycles. The van der Waals surface area contributed by atoms with Gasteiger partial charge in [0.25, 0.3) is 0 Å². The number of aliphatic hydroxyl groups is 1. The summed E-state index contributed by atoms with van der Waals surface area (Å²) in [6, 6.07) is 15.9. The molecule has 0 radical (unpaired) electrons. The molecule has 0 unspecified atom stereocenters. The average molecular weight is 438 g/mol. The highest BCUT2D eigenvalue weighted by Gasteiger charge is 2.12. The quantitative estimate of drug-likeness (QED) is 0.411. The Balaban J connectivity index is 1.50. The van der Waals surface area contributed by atoms with Crippen LogP contribution in [-0.4, -0.2) is 20.6 Å². The maximum Gasteiger partial charge on any atom is 0.244 e. The van der Waals surface area contributed by atoms with Crippen LogP contribution in [0.2, 0.25) is 5.02 Å². The van der Waals surface area contributed by atoms with E-state index in [0.29, 0.717) is 16.4 Å². The number of hydrogen-bond acceptors (Lipinski definition) is 4. The van der Waals surface area contributed by atoms with E-state index in [9.17, 15) is 14.7 Å². The van der Waals surface area contributed by atoms with Gasteiger partial charge >= 0.3 is 0 Å². The summed E-state index contributed by atoms with van der Waals surface area (Å²) in [6.45, 7) is -0.325. The van der Waals surface area contributed by atoms with E-state index in [1.54, 1.807) is 18.2 Å². The van der Waals surface area contributed by atoms with Crippen LogP contribution in [0.15, 0.2) is 71.8 Å². The Morgan fingerprint density at radius 3 is 2.84 bits per heavy atom. The van der Waals surface area contributed by atoms with Crippen molar-refractivity contribution in [3.05, 3.63) is 93.5 Å². The van der Waals surface area contributed by atoms with Crippen LogP contribution < -0.4 is 15.5 Å². The van der Waals surface area contributed by atoms with Crippen molar-refractivity contribution in [1.29, 1.82) is 0 Å². The first-order chi connectivity index (χ1) is 15.0. The van der Waals surface area contributed by atoms with Crippen molar-refractivity contribution in [2.24, 2.45) is 0 Å². The lowest BCUT2D eigenvalue weighted by molar-refractivity contribution is -0.116. The molecule has 4 rings (SSSR count). The summed E-state index contributed by atoms with van der Waals surface area (Å²) in [6.07, 6.45) is 3.27. The number of hydrogen-bond donors (Lipinski definition) is 3. The molecule has 0 bridgehead atoms. The normalized spacial score (nSPS) is 10.9. The van der Waals surface area contributed by atoms with E-state index in [2.05, 4.69) is 10.3 Å². The standard InChI is InChI=1S/C23H20ClN3O4/c24-17-3-1-2-15(8-17)14-31-22-11-27(19(13-28)10-21(22)29)12-23(30)26-18-5-4-16-6-7-25-20(16)9-18/h1-11,25,28H,12-14H2,(H,26,30). The largest absolute Gasteiger partial charge is 0.483 e. The SMILES string of the molecule is O=C(Cn1cc(OCc2cccc(Cl)c2)c(=O)cc1CO)Nc1ccc2cc[nH]c2c1. The van der Waals surface area contributed by atoms with Gasteiger partial charge in [0.05, 0.1) is 12.8 Å². The molecular formula is C23H20ClN3O4. The van der Waals surface area contributed by atoms with Crippen molar-refractivity contribution in [3.8, 4) is 5.75 Å². The van der Waals surface area contributed by atoms with Crippen LogP contribution in [0.25, 0.3) is 10.9 Å². The summed E-state index contributed by atoms with van der Waals surface area (Å²) < 4.78 is 7.14. The summed E-state index contributed by atoms with van der Waals surface area (Å²) in [7, 11) is 0. The van der Waals surface area contributed by atoms with Crippen molar-refractivity contribution in [1.82, 2.24) is 9.55 Å². The Morgan fingerprint density at radius 1 is 1.16 bits per heavy atom. The number of H-pyrrole nitrogens is 1. The minimum Gasteiger partial charge on any atom is -0.483 e. The van der Waals surface area contributed by atoms with E-state index in [0.717, 1.165) is 16.5 Å². The first-order valence-electron chi connectivity index (χ1n) is 9.60. The molecule has 2 aromatic heterocycles. The lowest BCUT2D eigenvalue weighted by Crippen LogP contribution is -2.23. The molecule has 31 heavy (non-hydrogen) atoms. The highest BCUT2D eigenvalue weighted by atomic mass is 35.5. The van der Waals surface area contributed by atoms with Gasteiger partial charge in [0.1, 0.15) is 13.2 Å². The van der Waals surface area contributed by atoms with Crippen LogP contribution in [0.4, 0.5) is 5.69 Å². The van der Waals surface area contributed by atoms with Gasteiger partial charge < -0.3 is 24.7 Å². The van der Waals surface area contributed by atoms with E-state index < -0.39 is 0 Å². The number of aliphatic hydroxyl groups excluding tert-OH is 1. The van der Waals surface area contributed by atoms with Crippen molar-refractivity contribution >= 4 is 34.1 Å². The molecule has 0 saturated heterocycles. The third-order valence-electron chi connectivity index (χ3n) is 4.78. The van der Waals surface area contributed by atoms with Gasteiger partial charge in [0.2, 0.25) is 11.3 Å². The van der Waals surface area contributed by atoms with E-state index >= 15 is 0 Å². The molecule has 3 N–H and O–H groups in total. The first kappa shape index (κ1) is 20.7. The van der Waals surface area contributed by atoms with Gasteiger partial charge in [-0.25, -0.2) is 0 Å². The number of benzene rings is 2. The fraction of sp³-hybridized carbons (Fsp3) is 0.130. The Labute approximate surface area is 182 Å². The lowest BCUT2D eigenvalue weighted by Gasteiger charge is -2.14. The molecule has 0 spiro atoms. The fourth-order valence-corrected chi connectivity index (χ4v) is 3.47. The second-order valence-corrected chi connectivity index (χ2v) is 7.46. The number of fused-ring (bicyclic) bond motifs is 1. The number of aromatic nitrogens is 2. The minimum atomic E-state index is -0.383. The second-order valence-electron chi connectivity index (χ2n) is 7.03. The van der Waals surface area contributed by atoms with Crippen molar-refractivity contribution in [2.75, 3.05) is 5.32 Å². The van der Waals surface area contributed by atoms with E-state index in [4.69, 9.17) is 16.3 Å². The number of nitrogens with zero attached hydrogens (tertiary/aromatic N) is 1. The lowest BCUT2D eigenvalue weighted by atomic mass is 10.2. The topological polar surface area (TPSA) is 96.3 Å². The number of amides is 1. The Hall–Kier alpha value is -3.55. The number of pyridine rings is 1. The number of rotatable bonds is 7. The maximum absolute atomic E-state index is 12.6. The molecule has 1 amide bonds. The molecule has 0 atom stereocenters. The maximum atomic E-state index is 12.6. The number of carbonyl (C=O) groups excluding carboxylic acids is 1. The molecule has 2 heterocycles. The Bertz CT molecular complexity index is 1300. The zero-order valence-corrected chi connectivity index (χ0v) is 17.2. The number of ether oxygens (including phenoxy) is 1. The summed E-state index contributed by atoms with van der Waals surface area (Å²) in [4.78, 5) is 28.0. The summed E-state index contributed by atoms with van der Waals surface area (Å²) >= 11 is 5.98. The van der Waals surface area contributed by atoms with Gasteiger partial charge in [-0.3, -0.25) is 9.59 Å². The molecule has 0 aliphatic rings. The molecule has 4 aromatic rings. The third kappa shape index (κ3) is 4.96. The predicted molar refractivity (Wildman–Crippen MR) is 119 cm³/mol. The molecule has 2 aromatic carbocycles. The molecule has 0 aliphatic carbocycles. The number of carbonyl (C=O) groups is 1. The predicted octanol–water partition coefficient (Wildman–Crippen LogP) is 3.69. The average Bonchev–Trinajstić information content (AvgIpc) is 3.21.